The zero-order valence-electron chi connectivity index (χ0n) is 17.4. The van der Waals surface area contributed by atoms with Gasteiger partial charge in [-0.2, -0.15) is 5.10 Å². The highest BCUT2D eigenvalue weighted by Gasteiger charge is 2.40. The van der Waals surface area contributed by atoms with Gasteiger partial charge in [-0.05, 0) is 17.2 Å². The molecule has 1 aliphatic heterocycles. The number of epoxide rings is 1. The molecule has 3 aromatic heterocycles. The minimum atomic E-state index is -0.0241. The van der Waals surface area contributed by atoms with Gasteiger partial charge in [-0.1, -0.05) is 24.3 Å². The molecular formula is C23H24N6O2. The molecular weight excluding hydrogens is 392 g/mol. The van der Waals surface area contributed by atoms with E-state index in [4.69, 9.17) is 15.2 Å². The van der Waals surface area contributed by atoms with Crippen molar-refractivity contribution in [3.05, 3.63) is 60.7 Å². The maximum Gasteiger partial charge on any atom is 0.149 e. The van der Waals surface area contributed by atoms with Crippen LogP contribution in [0.5, 0.6) is 0 Å². The average molecular weight is 416 g/mol. The van der Waals surface area contributed by atoms with Gasteiger partial charge in [0.2, 0.25) is 0 Å². The fraction of sp³-hybridized carbons (Fsp3) is 0.261. The van der Waals surface area contributed by atoms with Crippen molar-refractivity contribution < 1.29 is 9.47 Å². The summed E-state index contributed by atoms with van der Waals surface area (Å²) in [7, 11) is 3.60. The van der Waals surface area contributed by atoms with Crippen LogP contribution < -0.4 is 11.1 Å². The monoisotopic (exact) mass is 416 g/mol. The summed E-state index contributed by atoms with van der Waals surface area (Å²) in [6.45, 7) is 1.38. The average Bonchev–Trinajstić information content (AvgIpc) is 3.44. The van der Waals surface area contributed by atoms with Gasteiger partial charge < -0.3 is 15.2 Å². The molecule has 0 amide bonds. The van der Waals surface area contributed by atoms with E-state index in [1.807, 2.05) is 31.8 Å². The fourth-order valence-electron chi connectivity index (χ4n) is 3.78. The second kappa shape index (κ2) is 8.07. The van der Waals surface area contributed by atoms with Gasteiger partial charge in [0.05, 0.1) is 12.8 Å². The van der Waals surface area contributed by atoms with Gasteiger partial charge in [0.1, 0.15) is 23.7 Å². The molecule has 2 unspecified atom stereocenters. The number of hydrogen-bond donors (Lipinski definition) is 2. The van der Waals surface area contributed by atoms with E-state index >= 15 is 0 Å². The van der Waals surface area contributed by atoms with Crippen LogP contribution in [0, 0.1) is 0 Å². The highest BCUT2D eigenvalue weighted by atomic mass is 16.6. The quantitative estimate of drug-likeness (QED) is 0.353. The predicted octanol–water partition coefficient (Wildman–Crippen LogP) is 2.91. The molecule has 2 atom stereocenters. The Balaban J connectivity index is 1.46. The second-order valence-corrected chi connectivity index (χ2v) is 7.63. The molecule has 1 aromatic carbocycles. The molecule has 0 spiro atoms. The summed E-state index contributed by atoms with van der Waals surface area (Å²) in [6, 6.07) is 10.5. The SMILES string of the molecule is COCCNC1OC1c1cnc2c(N)ncc(-c3ccc(-c4cnn(C)c4)cc3)c2c1. The smallest absolute Gasteiger partial charge is 0.149 e. The van der Waals surface area contributed by atoms with Gasteiger partial charge in [-0.15, -0.1) is 0 Å². The van der Waals surface area contributed by atoms with Crippen molar-refractivity contribution in [1.82, 2.24) is 25.1 Å². The first-order valence-electron chi connectivity index (χ1n) is 10.2. The number of aryl methyl sites for hydroxylation is 1. The number of benzene rings is 1. The first kappa shape index (κ1) is 19.6. The topological polar surface area (TPSA) is 103 Å². The lowest BCUT2D eigenvalue weighted by atomic mass is 9.99. The van der Waals surface area contributed by atoms with E-state index < -0.39 is 0 Å². The number of nitrogen functional groups attached to an aromatic ring is 1. The number of nitrogens with two attached hydrogens (primary N) is 1. The summed E-state index contributed by atoms with van der Waals surface area (Å²) < 4.78 is 12.7. The van der Waals surface area contributed by atoms with E-state index in [0.717, 1.165) is 39.7 Å². The Morgan fingerprint density at radius 2 is 1.90 bits per heavy atom. The Labute approximate surface area is 180 Å². The summed E-state index contributed by atoms with van der Waals surface area (Å²) in [6.07, 6.45) is 7.44. The van der Waals surface area contributed by atoms with Gasteiger partial charge in [-0.3, -0.25) is 15.0 Å². The maximum absolute atomic E-state index is 6.12. The molecule has 1 aliphatic rings. The van der Waals surface area contributed by atoms with E-state index in [0.29, 0.717) is 17.9 Å². The van der Waals surface area contributed by atoms with E-state index in [2.05, 4.69) is 50.7 Å². The van der Waals surface area contributed by atoms with Crippen LogP contribution in [0.3, 0.4) is 0 Å². The number of rotatable bonds is 7. The first-order chi connectivity index (χ1) is 15.1. The van der Waals surface area contributed by atoms with E-state index in [1.54, 1.807) is 11.8 Å². The minimum Gasteiger partial charge on any atom is -0.383 e. The van der Waals surface area contributed by atoms with Crippen LogP contribution in [-0.2, 0) is 16.5 Å². The van der Waals surface area contributed by atoms with Crippen LogP contribution in [0.25, 0.3) is 33.2 Å². The summed E-state index contributed by atoms with van der Waals surface area (Å²) in [5.41, 5.74) is 12.1. The summed E-state index contributed by atoms with van der Waals surface area (Å²) in [5, 5.41) is 8.53. The highest BCUT2D eigenvalue weighted by Crippen LogP contribution is 2.39. The van der Waals surface area contributed by atoms with Gasteiger partial charge in [-0.25, -0.2) is 4.98 Å². The molecule has 0 aliphatic carbocycles. The van der Waals surface area contributed by atoms with Gasteiger partial charge in [0.25, 0.3) is 0 Å². The summed E-state index contributed by atoms with van der Waals surface area (Å²) in [5.74, 6) is 0.420. The molecule has 31 heavy (non-hydrogen) atoms. The van der Waals surface area contributed by atoms with Crippen LogP contribution in [0.2, 0.25) is 0 Å². The largest absolute Gasteiger partial charge is 0.383 e. The van der Waals surface area contributed by atoms with Crippen LogP contribution >= 0.6 is 0 Å². The minimum absolute atomic E-state index is 0.0178. The van der Waals surface area contributed by atoms with Crippen molar-refractivity contribution in [2.24, 2.45) is 7.05 Å². The van der Waals surface area contributed by atoms with E-state index in [9.17, 15) is 0 Å². The van der Waals surface area contributed by atoms with Crippen molar-refractivity contribution in [3.63, 3.8) is 0 Å². The van der Waals surface area contributed by atoms with Gasteiger partial charge in [0.15, 0.2) is 0 Å². The Morgan fingerprint density at radius 3 is 2.65 bits per heavy atom. The molecule has 4 aromatic rings. The molecule has 3 N–H and O–H groups in total. The number of pyridine rings is 2. The number of hydrogen-bond acceptors (Lipinski definition) is 7. The number of ether oxygens (including phenoxy) is 2. The van der Waals surface area contributed by atoms with Gasteiger partial charge in [0, 0.05) is 61.4 Å². The molecule has 1 saturated heterocycles. The molecule has 158 valence electrons. The van der Waals surface area contributed by atoms with Crippen LogP contribution in [0.1, 0.15) is 11.7 Å². The standard InChI is InChI=1S/C23H24N6O2/c1-29-13-17(11-28-29)14-3-5-15(6-4-14)19-12-27-22(24)20-18(19)9-16(10-26-20)21-23(31-21)25-7-8-30-2/h3-6,9-13,21,23,25H,7-8H2,1-2H3,(H2,24,27). The van der Waals surface area contributed by atoms with Gasteiger partial charge >= 0.3 is 0 Å². The molecule has 5 rings (SSSR count). The predicted molar refractivity (Wildman–Crippen MR) is 119 cm³/mol. The van der Waals surface area contributed by atoms with Crippen molar-refractivity contribution >= 4 is 16.7 Å². The Bertz CT molecular complexity index is 1220. The Hall–Kier alpha value is -3.33. The third-order valence-electron chi connectivity index (χ3n) is 5.48. The van der Waals surface area contributed by atoms with Crippen molar-refractivity contribution in [1.29, 1.82) is 0 Å². The zero-order chi connectivity index (χ0) is 21.4. The number of fused-ring (bicyclic) bond motifs is 1. The van der Waals surface area contributed by atoms with Crippen LogP contribution in [0.4, 0.5) is 5.82 Å². The third kappa shape index (κ3) is 3.88. The lowest BCUT2D eigenvalue weighted by Gasteiger charge is -2.10. The molecule has 8 nitrogen and oxygen atoms in total. The first-order valence-corrected chi connectivity index (χ1v) is 10.2. The molecule has 0 saturated carbocycles. The number of nitrogens with one attached hydrogen (secondary N) is 1. The van der Waals surface area contributed by atoms with Crippen molar-refractivity contribution in [2.75, 3.05) is 26.0 Å². The van der Waals surface area contributed by atoms with Crippen molar-refractivity contribution in [3.8, 4) is 22.3 Å². The highest BCUT2D eigenvalue weighted by molar-refractivity contribution is 5.99. The normalized spacial score (nSPS) is 17.9. The van der Waals surface area contributed by atoms with Crippen LogP contribution in [-0.4, -0.2) is 46.2 Å². The number of nitrogens with zero attached hydrogens (tertiary/aromatic N) is 4. The lowest BCUT2D eigenvalue weighted by Crippen LogP contribution is -2.22. The zero-order valence-corrected chi connectivity index (χ0v) is 17.4. The fourth-order valence-corrected chi connectivity index (χ4v) is 3.78. The summed E-state index contributed by atoms with van der Waals surface area (Å²) in [4.78, 5) is 8.96. The molecule has 0 bridgehead atoms. The maximum atomic E-state index is 6.12. The third-order valence-corrected chi connectivity index (χ3v) is 5.48. The Kier molecular flexibility index (Phi) is 5.11. The molecule has 1 fully saturated rings. The number of aromatic nitrogens is 4. The van der Waals surface area contributed by atoms with Crippen molar-refractivity contribution in [2.45, 2.75) is 12.3 Å². The number of methoxy groups -OCH3 is 1. The van der Waals surface area contributed by atoms with Crippen LogP contribution in [0.15, 0.2) is 55.1 Å². The molecule has 8 heteroatoms. The van der Waals surface area contributed by atoms with E-state index in [-0.39, 0.29) is 12.3 Å². The number of anilines is 1. The lowest BCUT2D eigenvalue weighted by molar-refractivity contribution is 0.194. The second-order valence-electron chi connectivity index (χ2n) is 7.63. The Morgan fingerprint density at radius 1 is 1.10 bits per heavy atom. The molecule has 4 heterocycles. The van der Waals surface area contributed by atoms with E-state index in [1.165, 1.54) is 0 Å². The molecule has 0 radical (unpaired) electrons. The summed E-state index contributed by atoms with van der Waals surface area (Å²) >= 11 is 0.